The van der Waals surface area contributed by atoms with E-state index in [1.165, 1.54) is 0 Å². The van der Waals surface area contributed by atoms with E-state index in [1.54, 1.807) is 10.9 Å². The number of aryl methyl sites for hydroxylation is 1. The van der Waals surface area contributed by atoms with Crippen LogP contribution < -0.4 is 11.1 Å². The third kappa shape index (κ3) is 3.62. The zero-order chi connectivity index (χ0) is 12.3. The second-order valence-electron chi connectivity index (χ2n) is 4.75. The fraction of sp³-hybridized carbons (Fsp3) is 0.700. The predicted molar refractivity (Wildman–Crippen MR) is 60.4 cm³/mol. The third-order valence-corrected chi connectivity index (χ3v) is 2.13. The Morgan fingerprint density at radius 3 is 2.75 bits per heavy atom. The molecule has 1 aromatic heterocycles. The molecule has 0 saturated carbocycles. The minimum Gasteiger partial charge on any atom is -0.346 e. The molecule has 1 unspecified atom stereocenters. The van der Waals surface area contributed by atoms with Gasteiger partial charge in [-0.3, -0.25) is 4.79 Å². The Hall–Kier alpha value is -1.43. The van der Waals surface area contributed by atoms with Crippen molar-refractivity contribution in [3.63, 3.8) is 0 Å². The van der Waals surface area contributed by atoms with Crippen molar-refractivity contribution in [3.8, 4) is 0 Å². The van der Waals surface area contributed by atoms with Crippen molar-refractivity contribution in [2.24, 2.45) is 12.8 Å². The molecule has 1 heterocycles. The molecule has 3 N–H and O–H groups in total. The van der Waals surface area contributed by atoms with Gasteiger partial charge in [0.15, 0.2) is 5.82 Å². The van der Waals surface area contributed by atoms with Crippen LogP contribution in [-0.2, 0) is 11.8 Å². The Morgan fingerprint density at radius 2 is 2.31 bits per heavy atom. The van der Waals surface area contributed by atoms with Crippen molar-refractivity contribution in [2.45, 2.75) is 38.8 Å². The normalized spacial score (nSPS) is 13.6. The summed E-state index contributed by atoms with van der Waals surface area (Å²) < 4.78 is 1.78. The summed E-state index contributed by atoms with van der Waals surface area (Å²) in [6.45, 7) is 5.50. The van der Waals surface area contributed by atoms with Gasteiger partial charge in [-0.15, -0.1) is 10.2 Å². The van der Waals surface area contributed by atoms with Crippen LogP contribution >= 0.6 is 0 Å². The molecule has 0 aromatic carbocycles. The number of hydrogen-bond acceptors (Lipinski definition) is 4. The van der Waals surface area contributed by atoms with Gasteiger partial charge in [0.25, 0.3) is 0 Å². The lowest BCUT2D eigenvalue weighted by atomic mass is 10.0. The van der Waals surface area contributed by atoms with E-state index in [0.717, 1.165) is 5.82 Å². The predicted octanol–water partition coefficient (Wildman–Crippen LogP) is 0.120. The van der Waals surface area contributed by atoms with Gasteiger partial charge in [0.05, 0.1) is 6.04 Å². The molecule has 0 saturated heterocycles. The monoisotopic (exact) mass is 225 g/mol. The second-order valence-corrected chi connectivity index (χ2v) is 4.75. The fourth-order valence-corrected chi connectivity index (χ4v) is 1.46. The van der Waals surface area contributed by atoms with Gasteiger partial charge in [0.2, 0.25) is 5.91 Å². The van der Waals surface area contributed by atoms with E-state index < -0.39 is 5.54 Å². The maximum Gasteiger partial charge on any atom is 0.222 e. The molecule has 6 heteroatoms. The maximum absolute atomic E-state index is 11.6. The molecule has 1 aromatic rings. The standard InChI is InChI=1S/C10H19N5O/c1-7(9-14-12-6-15(9)4)13-8(16)5-10(2,3)11/h6-7H,5,11H2,1-4H3,(H,13,16). The van der Waals surface area contributed by atoms with Crippen molar-refractivity contribution in [3.05, 3.63) is 12.2 Å². The van der Waals surface area contributed by atoms with Crippen LogP contribution in [0.25, 0.3) is 0 Å². The first-order valence-corrected chi connectivity index (χ1v) is 5.22. The van der Waals surface area contributed by atoms with Gasteiger partial charge in [-0.05, 0) is 20.8 Å². The Bertz CT molecular complexity index is 366. The van der Waals surface area contributed by atoms with Gasteiger partial charge in [0.1, 0.15) is 6.33 Å². The first kappa shape index (κ1) is 12.6. The summed E-state index contributed by atoms with van der Waals surface area (Å²) in [5.41, 5.74) is 5.27. The van der Waals surface area contributed by atoms with Crippen molar-refractivity contribution in [1.82, 2.24) is 20.1 Å². The number of amides is 1. The van der Waals surface area contributed by atoms with Crippen molar-refractivity contribution in [1.29, 1.82) is 0 Å². The molecule has 0 aliphatic heterocycles. The molecule has 0 radical (unpaired) electrons. The fourth-order valence-electron chi connectivity index (χ4n) is 1.46. The SMILES string of the molecule is CC(NC(=O)CC(C)(C)N)c1nncn1C. The van der Waals surface area contributed by atoms with Crippen LogP contribution in [0.4, 0.5) is 0 Å². The smallest absolute Gasteiger partial charge is 0.222 e. The lowest BCUT2D eigenvalue weighted by Crippen LogP contribution is -2.40. The van der Waals surface area contributed by atoms with E-state index in [1.807, 2.05) is 27.8 Å². The van der Waals surface area contributed by atoms with Gasteiger partial charge in [-0.25, -0.2) is 0 Å². The van der Waals surface area contributed by atoms with Crippen LogP contribution in [0.5, 0.6) is 0 Å². The molecule has 90 valence electrons. The highest BCUT2D eigenvalue weighted by Crippen LogP contribution is 2.09. The van der Waals surface area contributed by atoms with E-state index in [9.17, 15) is 4.79 Å². The van der Waals surface area contributed by atoms with Crippen LogP contribution in [0.2, 0.25) is 0 Å². The van der Waals surface area contributed by atoms with Crippen molar-refractivity contribution in [2.75, 3.05) is 0 Å². The molecule has 0 spiro atoms. The zero-order valence-corrected chi connectivity index (χ0v) is 10.2. The minimum absolute atomic E-state index is 0.0806. The quantitative estimate of drug-likeness (QED) is 0.762. The summed E-state index contributed by atoms with van der Waals surface area (Å²) in [7, 11) is 1.84. The summed E-state index contributed by atoms with van der Waals surface area (Å²) >= 11 is 0. The third-order valence-electron chi connectivity index (χ3n) is 2.13. The molecule has 1 rings (SSSR count). The van der Waals surface area contributed by atoms with Crippen molar-refractivity contribution < 1.29 is 4.79 Å². The number of aromatic nitrogens is 3. The van der Waals surface area contributed by atoms with E-state index in [0.29, 0.717) is 0 Å². The topological polar surface area (TPSA) is 85.8 Å². The molecule has 0 aliphatic rings. The van der Waals surface area contributed by atoms with E-state index in [-0.39, 0.29) is 18.4 Å². The van der Waals surface area contributed by atoms with Gasteiger partial charge in [0, 0.05) is 19.0 Å². The van der Waals surface area contributed by atoms with Gasteiger partial charge in [-0.1, -0.05) is 0 Å². The highest BCUT2D eigenvalue weighted by molar-refractivity contribution is 5.77. The number of carbonyl (C=O) groups is 1. The Morgan fingerprint density at radius 1 is 1.69 bits per heavy atom. The number of hydrogen-bond donors (Lipinski definition) is 2. The summed E-state index contributed by atoms with van der Waals surface area (Å²) in [6.07, 6.45) is 1.89. The van der Waals surface area contributed by atoms with Gasteiger partial charge in [-0.2, -0.15) is 0 Å². The molecule has 0 bridgehead atoms. The van der Waals surface area contributed by atoms with E-state index in [4.69, 9.17) is 5.73 Å². The number of nitrogens with two attached hydrogens (primary N) is 1. The molecular weight excluding hydrogens is 206 g/mol. The molecule has 16 heavy (non-hydrogen) atoms. The lowest BCUT2D eigenvalue weighted by molar-refractivity contribution is -0.122. The van der Waals surface area contributed by atoms with Crippen LogP contribution in [-0.4, -0.2) is 26.2 Å². The average molecular weight is 225 g/mol. The zero-order valence-electron chi connectivity index (χ0n) is 10.2. The first-order chi connectivity index (χ1) is 7.29. The summed E-state index contributed by atoms with van der Waals surface area (Å²) in [5, 5.41) is 10.5. The first-order valence-electron chi connectivity index (χ1n) is 5.22. The van der Waals surface area contributed by atoms with Crippen molar-refractivity contribution >= 4 is 5.91 Å². The molecule has 0 aliphatic carbocycles. The van der Waals surface area contributed by atoms with Crippen LogP contribution in [0.1, 0.15) is 39.1 Å². The average Bonchev–Trinajstić information content (AvgIpc) is 2.47. The largest absolute Gasteiger partial charge is 0.346 e. The Kier molecular flexibility index (Phi) is 3.64. The van der Waals surface area contributed by atoms with Gasteiger partial charge < -0.3 is 15.6 Å². The summed E-state index contributed by atoms with van der Waals surface area (Å²) in [4.78, 5) is 11.6. The van der Waals surface area contributed by atoms with E-state index in [2.05, 4.69) is 15.5 Å². The molecule has 0 fully saturated rings. The van der Waals surface area contributed by atoms with Crippen LogP contribution in [0.15, 0.2) is 6.33 Å². The highest BCUT2D eigenvalue weighted by atomic mass is 16.1. The number of carbonyl (C=O) groups excluding carboxylic acids is 1. The summed E-state index contributed by atoms with van der Waals surface area (Å²) in [5.74, 6) is 0.645. The molecule has 6 nitrogen and oxygen atoms in total. The van der Waals surface area contributed by atoms with Crippen LogP contribution in [0.3, 0.4) is 0 Å². The lowest BCUT2D eigenvalue weighted by Gasteiger charge is -2.19. The maximum atomic E-state index is 11.6. The van der Waals surface area contributed by atoms with Gasteiger partial charge >= 0.3 is 0 Å². The number of rotatable bonds is 4. The summed E-state index contributed by atoms with van der Waals surface area (Å²) in [6, 6.07) is -0.164. The molecule has 1 atom stereocenters. The second kappa shape index (κ2) is 4.61. The number of nitrogens with zero attached hydrogens (tertiary/aromatic N) is 3. The number of nitrogens with one attached hydrogen (secondary N) is 1. The minimum atomic E-state index is -0.496. The highest BCUT2D eigenvalue weighted by Gasteiger charge is 2.19. The molecule has 1 amide bonds. The molecular formula is C10H19N5O. The van der Waals surface area contributed by atoms with Crippen LogP contribution in [0, 0.1) is 0 Å². The Labute approximate surface area is 95.2 Å². The Balaban J connectivity index is 2.56. The van der Waals surface area contributed by atoms with E-state index >= 15 is 0 Å².